The van der Waals surface area contributed by atoms with E-state index in [4.69, 9.17) is 14.6 Å². The van der Waals surface area contributed by atoms with Crippen LogP contribution in [0.3, 0.4) is 0 Å². The Kier molecular flexibility index (Phi) is 8.39. The largest absolute Gasteiger partial charge is 0.497 e. The second-order valence-corrected chi connectivity index (χ2v) is 10.5. The van der Waals surface area contributed by atoms with Gasteiger partial charge in [-0.15, -0.1) is 10.2 Å². The lowest BCUT2D eigenvalue weighted by atomic mass is 9.95. The number of aryl methyl sites for hydroxylation is 1. The van der Waals surface area contributed by atoms with Crippen LogP contribution in [0.4, 0.5) is 0 Å². The highest BCUT2D eigenvalue weighted by Gasteiger charge is 2.27. The first-order valence-electron chi connectivity index (χ1n) is 12.9. The van der Waals surface area contributed by atoms with E-state index in [1.807, 2.05) is 12.1 Å². The van der Waals surface area contributed by atoms with E-state index in [0.717, 1.165) is 86.5 Å². The van der Waals surface area contributed by atoms with Gasteiger partial charge in [-0.2, -0.15) is 0 Å². The Hall–Kier alpha value is -2.35. The van der Waals surface area contributed by atoms with E-state index in [1.54, 1.807) is 18.9 Å². The van der Waals surface area contributed by atoms with Crippen LogP contribution in [0, 0.1) is 0 Å². The molecule has 1 atom stereocenters. The fourth-order valence-corrected chi connectivity index (χ4v) is 6.17. The molecule has 2 aliphatic rings. The molecule has 7 heteroatoms. The Labute approximate surface area is 213 Å². The summed E-state index contributed by atoms with van der Waals surface area (Å²) >= 11 is 1.76. The van der Waals surface area contributed by atoms with Crippen LogP contribution >= 0.6 is 11.8 Å². The van der Waals surface area contributed by atoms with E-state index in [9.17, 15) is 0 Å². The van der Waals surface area contributed by atoms with Crippen molar-refractivity contribution in [3.8, 4) is 11.4 Å². The molecule has 1 aromatic heterocycles. The molecule has 2 saturated heterocycles. The molecule has 0 bridgehead atoms. The molecule has 2 aromatic carbocycles. The molecule has 2 aliphatic heterocycles. The number of hydrogen-bond acceptors (Lipinski definition) is 6. The number of ether oxygens (including phenoxy) is 2. The predicted molar refractivity (Wildman–Crippen MR) is 141 cm³/mol. The van der Waals surface area contributed by atoms with Crippen molar-refractivity contribution in [3.05, 3.63) is 66.0 Å². The zero-order valence-electron chi connectivity index (χ0n) is 20.6. The summed E-state index contributed by atoms with van der Waals surface area (Å²) in [5.74, 6) is 3.26. The van der Waals surface area contributed by atoms with Crippen LogP contribution in [0.2, 0.25) is 0 Å². The summed E-state index contributed by atoms with van der Waals surface area (Å²) in [4.78, 5) is 2.61. The van der Waals surface area contributed by atoms with Gasteiger partial charge in [-0.25, -0.2) is 0 Å². The third-order valence-electron chi connectivity index (χ3n) is 7.13. The fraction of sp³-hybridized carbons (Fsp3) is 0.500. The van der Waals surface area contributed by atoms with Gasteiger partial charge in [0.05, 0.1) is 18.9 Å². The summed E-state index contributed by atoms with van der Waals surface area (Å²) in [6, 6.07) is 19.1. The van der Waals surface area contributed by atoms with E-state index in [0.29, 0.717) is 12.0 Å². The van der Waals surface area contributed by atoms with Crippen molar-refractivity contribution in [2.75, 3.05) is 39.1 Å². The van der Waals surface area contributed by atoms with Crippen LogP contribution in [0.25, 0.3) is 5.69 Å². The zero-order chi connectivity index (χ0) is 23.9. The summed E-state index contributed by atoms with van der Waals surface area (Å²) in [5.41, 5.74) is 2.51. The maximum absolute atomic E-state index is 5.85. The van der Waals surface area contributed by atoms with Crippen LogP contribution in [0.15, 0.2) is 59.8 Å². The van der Waals surface area contributed by atoms with E-state index in [2.05, 4.69) is 57.0 Å². The molecule has 0 spiro atoms. The number of thioether (sulfide) groups is 1. The summed E-state index contributed by atoms with van der Waals surface area (Å²) in [7, 11) is 1.72. The van der Waals surface area contributed by atoms with Gasteiger partial charge in [0.2, 0.25) is 0 Å². The van der Waals surface area contributed by atoms with Crippen LogP contribution in [-0.2, 0) is 11.2 Å². The van der Waals surface area contributed by atoms with E-state index in [-0.39, 0.29) is 0 Å². The summed E-state index contributed by atoms with van der Waals surface area (Å²) in [6.07, 6.45) is 7.19. The van der Waals surface area contributed by atoms with Crippen molar-refractivity contribution in [2.24, 2.45) is 0 Å². The number of methoxy groups -OCH3 is 1. The molecule has 3 aromatic rings. The standard InChI is InChI=1S/C28H36N4O2S/c1-33-25-12-5-11-24(20-25)32-27(29-30-28(32)35-21-26-13-7-19-34-26)23-14-17-31(18-15-23)16-6-10-22-8-3-2-4-9-22/h2-5,8-9,11-12,20,23,26H,6-7,10,13-19,21H2,1H3/t26-/m1/s1. The molecule has 0 unspecified atom stereocenters. The van der Waals surface area contributed by atoms with Gasteiger partial charge in [0, 0.05) is 24.3 Å². The highest BCUT2D eigenvalue weighted by molar-refractivity contribution is 7.99. The molecular weight excluding hydrogens is 456 g/mol. The second-order valence-electron chi connectivity index (χ2n) is 9.53. The summed E-state index contributed by atoms with van der Waals surface area (Å²) in [6.45, 7) is 4.27. The number of benzene rings is 2. The Balaban J connectivity index is 1.25. The molecule has 0 saturated carbocycles. The molecule has 2 fully saturated rings. The fourth-order valence-electron chi connectivity index (χ4n) is 5.14. The number of likely N-dealkylation sites (tertiary alicyclic amines) is 1. The van der Waals surface area contributed by atoms with Gasteiger partial charge in [0.25, 0.3) is 0 Å². The van der Waals surface area contributed by atoms with Crippen molar-refractivity contribution < 1.29 is 9.47 Å². The molecule has 0 N–H and O–H groups in total. The minimum atomic E-state index is 0.318. The summed E-state index contributed by atoms with van der Waals surface area (Å²) < 4.78 is 13.6. The zero-order valence-corrected chi connectivity index (χ0v) is 21.5. The Morgan fingerprint density at radius 1 is 1.03 bits per heavy atom. The van der Waals surface area contributed by atoms with Gasteiger partial charge >= 0.3 is 0 Å². The van der Waals surface area contributed by atoms with Crippen molar-refractivity contribution in [1.29, 1.82) is 0 Å². The molecule has 186 valence electrons. The average Bonchev–Trinajstić information content (AvgIpc) is 3.59. The molecule has 5 rings (SSSR count). The molecule has 0 radical (unpaired) electrons. The first-order valence-corrected chi connectivity index (χ1v) is 13.9. The maximum atomic E-state index is 5.85. The van der Waals surface area contributed by atoms with E-state index in [1.165, 1.54) is 12.0 Å². The number of aromatic nitrogens is 3. The van der Waals surface area contributed by atoms with Gasteiger partial charge in [-0.3, -0.25) is 4.57 Å². The second kappa shape index (κ2) is 12.1. The van der Waals surface area contributed by atoms with Crippen LogP contribution in [0.5, 0.6) is 5.75 Å². The van der Waals surface area contributed by atoms with Gasteiger partial charge in [0.1, 0.15) is 11.6 Å². The minimum absolute atomic E-state index is 0.318. The first-order chi connectivity index (χ1) is 17.3. The third kappa shape index (κ3) is 6.26. The highest BCUT2D eigenvalue weighted by Crippen LogP contribution is 2.33. The maximum Gasteiger partial charge on any atom is 0.195 e. The molecule has 3 heterocycles. The lowest BCUT2D eigenvalue weighted by Gasteiger charge is -2.31. The molecular formula is C28H36N4O2S. The third-order valence-corrected chi connectivity index (χ3v) is 8.19. The van der Waals surface area contributed by atoms with Crippen LogP contribution < -0.4 is 4.74 Å². The molecule has 0 amide bonds. The lowest BCUT2D eigenvalue weighted by molar-refractivity contribution is 0.129. The predicted octanol–water partition coefficient (Wildman–Crippen LogP) is 5.36. The van der Waals surface area contributed by atoms with Gasteiger partial charge in [-0.1, -0.05) is 48.2 Å². The van der Waals surface area contributed by atoms with Crippen LogP contribution in [0.1, 0.15) is 49.4 Å². The minimum Gasteiger partial charge on any atom is -0.497 e. The highest BCUT2D eigenvalue weighted by atomic mass is 32.2. The monoisotopic (exact) mass is 492 g/mol. The number of piperidine rings is 1. The molecule has 6 nitrogen and oxygen atoms in total. The Bertz CT molecular complexity index is 1060. The van der Waals surface area contributed by atoms with Crippen molar-refractivity contribution in [1.82, 2.24) is 19.7 Å². The van der Waals surface area contributed by atoms with Gasteiger partial charge in [0.15, 0.2) is 5.16 Å². The molecule has 0 aliphatic carbocycles. The van der Waals surface area contributed by atoms with Crippen LogP contribution in [-0.4, -0.2) is 64.9 Å². The van der Waals surface area contributed by atoms with Crippen molar-refractivity contribution >= 4 is 11.8 Å². The van der Waals surface area contributed by atoms with E-state index < -0.39 is 0 Å². The van der Waals surface area contributed by atoms with Gasteiger partial charge < -0.3 is 14.4 Å². The Morgan fingerprint density at radius 3 is 2.66 bits per heavy atom. The topological polar surface area (TPSA) is 52.4 Å². The van der Waals surface area contributed by atoms with Gasteiger partial charge in [-0.05, 0) is 75.9 Å². The van der Waals surface area contributed by atoms with E-state index >= 15 is 0 Å². The Morgan fingerprint density at radius 2 is 1.89 bits per heavy atom. The SMILES string of the molecule is COc1cccc(-n2c(SC[C@H]3CCCO3)nnc2C2CCN(CCCc3ccccc3)CC2)c1. The smallest absolute Gasteiger partial charge is 0.195 e. The molecule has 35 heavy (non-hydrogen) atoms. The van der Waals surface area contributed by atoms with Crippen molar-refractivity contribution in [2.45, 2.75) is 55.7 Å². The lowest BCUT2D eigenvalue weighted by Crippen LogP contribution is -2.34. The average molecular weight is 493 g/mol. The quantitative estimate of drug-likeness (QED) is 0.355. The normalized spacial score (nSPS) is 19.3. The number of rotatable bonds is 10. The first kappa shape index (κ1) is 24.3. The number of hydrogen-bond donors (Lipinski definition) is 0. The number of nitrogens with zero attached hydrogens (tertiary/aromatic N) is 4. The van der Waals surface area contributed by atoms with Crippen molar-refractivity contribution in [3.63, 3.8) is 0 Å². The summed E-state index contributed by atoms with van der Waals surface area (Å²) in [5, 5.41) is 10.3.